The summed E-state index contributed by atoms with van der Waals surface area (Å²) in [6, 6.07) is 2.67. The van der Waals surface area contributed by atoms with Crippen molar-refractivity contribution in [1.82, 2.24) is 4.90 Å². The van der Waals surface area contributed by atoms with Crippen LogP contribution >= 0.6 is 11.6 Å². The number of fused-ring (bicyclic) bond motifs is 1. The number of halogens is 1. The molecule has 9 heteroatoms. The van der Waals surface area contributed by atoms with Crippen LogP contribution in [-0.4, -0.2) is 50.6 Å². The van der Waals surface area contributed by atoms with Crippen LogP contribution < -0.4 is 10.1 Å². The number of carbonyl (C=O) groups is 2. The van der Waals surface area contributed by atoms with Crippen LogP contribution in [0.1, 0.15) is 26.7 Å². The summed E-state index contributed by atoms with van der Waals surface area (Å²) < 4.78 is 30.7. The summed E-state index contributed by atoms with van der Waals surface area (Å²) in [5.74, 6) is 0.270. The molecule has 2 aliphatic rings. The van der Waals surface area contributed by atoms with Gasteiger partial charge in [0.2, 0.25) is 5.91 Å². The van der Waals surface area contributed by atoms with Crippen LogP contribution in [0.3, 0.4) is 0 Å². The Hall–Kier alpha value is -1.80. The Balaban J connectivity index is 1.72. The fourth-order valence-electron chi connectivity index (χ4n) is 3.68. The molecule has 27 heavy (non-hydrogen) atoms. The molecule has 7 nitrogen and oxygen atoms in total. The number of hydrogen-bond donors (Lipinski definition) is 1. The molecule has 0 aliphatic carbocycles. The molecular weight excluding hydrogens is 392 g/mol. The largest absolute Gasteiger partial charge is 0.482 e. The quantitative estimate of drug-likeness (QED) is 0.816. The van der Waals surface area contributed by atoms with E-state index in [-0.39, 0.29) is 46.3 Å². The van der Waals surface area contributed by atoms with Crippen LogP contribution in [0.15, 0.2) is 17.0 Å². The molecule has 0 spiro atoms. The maximum Gasteiger partial charge on any atom is 0.262 e. The first kappa shape index (κ1) is 19.9. The van der Waals surface area contributed by atoms with E-state index in [9.17, 15) is 18.0 Å². The molecule has 2 heterocycles. The molecule has 1 N–H and O–H groups in total. The summed E-state index contributed by atoms with van der Waals surface area (Å²) in [7, 11) is -3.77. The van der Waals surface area contributed by atoms with Crippen molar-refractivity contribution in [1.29, 1.82) is 0 Å². The fourth-order valence-corrected chi connectivity index (χ4v) is 5.50. The molecule has 0 aromatic heterocycles. The van der Waals surface area contributed by atoms with Crippen LogP contribution in [0.4, 0.5) is 5.69 Å². The highest BCUT2D eigenvalue weighted by Crippen LogP contribution is 2.36. The Labute approximate surface area is 163 Å². The fraction of sp³-hybridized carbons (Fsp3) is 0.556. The highest BCUT2D eigenvalue weighted by Gasteiger charge is 2.28. The van der Waals surface area contributed by atoms with Gasteiger partial charge in [0.1, 0.15) is 5.75 Å². The molecule has 3 rings (SSSR count). The average molecular weight is 415 g/mol. The average Bonchev–Trinajstić information content (AvgIpc) is 2.58. The maximum atomic E-state index is 12.7. The van der Waals surface area contributed by atoms with E-state index >= 15 is 0 Å². The van der Waals surface area contributed by atoms with Gasteiger partial charge >= 0.3 is 0 Å². The number of likely N-dealkylation sites (tertiary alicyclic amines) is 1. The Morgan fingerprint density at radius 1 is 1.30 bits per heavy atom. The predicted octanol–water partition coefficient (Wildman–Crippen LogP) is 2.34. The van der Waals surface area contributed by atoms with Crippen molar-refractivity contribution in [3.63, 3.8) is 0 Å². The standard InChI is InChI=1S/C18H23ClN2O5S/c1-11-5-12(2)9-21(8-11)18(23)3-4-27(24,25)16-7-15-14(6-13(16)19)20-17(22)10-26-15/h6-7,11-12H,3-5,8-10H2,1-2H3,(H,20,22)/t11-,12+. The summed E-state index contributed by atoms with van der Waals surface area (Å²) >= 11 is 6.11. The van der Waals surface area contributed by atoms with Crippen molar-refractivity contribution in [2.75, 3.05) is 30.8 Å². The van der Waals surface area contributed by atoms with E-state index in [2.05, 4.69) is 19.2 Å². The van der Waals surface area contributed by atoms with Gasteiger partial charge in [0.25, 0.3) is 5.91 Å². The zero-order valence-electron chi connectivity index (χ0n) is 15.3. The first-order valence-corrected chi connectivity index (χ1v) is 11.0. The van der Waals surface area contributed by atoms with Crippen molar-refractivity contribution >= 4 is 38.9 Å². The second kappa shape index (κ2) is 7.67. The number of sulfone groups is 1. The minimum atomic E-state index is -3.77. The smallest absolute Gasteiger partial charge is 0.262 e. The number of anilines is 1. The number of nitrogens with one attached hydrogen (secondary N) is 1. The summed E-state index contributed by atoms with van der Waals surface area (Å²) in [6.45, 7) is 5.33. The highest BCUT2D eigenvalue weighted by atomic mass is 35.5. The highest BCUT2D eigenvalue weighted by molar-refractivity contribution is 7.91. The van der Waals surface area contributed by atoms with Gasteiger partial charge < -0.3 is 15.0 Å². The zero-order chi connectivity index (χ0) is 19.8. The topological polar surface area (TPSA) is 92.8 Å². The van der Waals surface area contributed by atoms with E-state index in [0.717, 1.165) is 6.42 Å². The van der Waals surface area contributed by atoms with Gasteiger partial charge in [0, 0.05) is 25.6 Å². The van der Waals surface area contributed by atoms with Gasteiger partial charge in [-0.25, -0.2) is 8.42 Å². The summed E-state index contributed by atoms with van der Waals surface area (Å²) in [5.41, 5.74) is 0.336. The minimum Gasteiger partial charge on any atom is -0.482 e. The molecular formula is C18H23ClN2O5S. The third kappa shape index (κ3) is 4.55. The first-order chi connectivity index (χ1) is 12.7. The van der Waals surface area contributed by atoms with Crippen molar-refractivity contribution in [3.05, 3.63) is 17.2 Å². The maximum absolute atomic E-state index is 12.7. The summed E-state index contributed by atoms with van der Waals surface area (Å²) in [4.78, 5) is 25.5. The molecule has 0 radical (unpaired) electrons. The molecule has 148 valence electrons. The molecule has 1 saturated heterocycles. The van der Waals surface area contributed by atoms with Crippen LogP contribution in [0.5, 0.6) is 5.75 Å². The summed E-state index contributed by atoms with van der Waals surface area (Å²) in [6.07, 6.45) is 0.982. The third-order valence-electron chi connectivity index (χ3n) is 4.81. The van der Waals surface area contributed by atoms with Gasteiger partial charge in [-0.15, -0.1) is 0 Å². The monoisotopic (exact) mass is 414 g/mol. The lowest BCUT2D eigenvalue weighted by atomic mass is 9.92. The molecule has 1 fully saturated rings. The Morgan fingerprint density at radius 3 is 2.63 bits per heavy atom. The Bertz CT molecular complexity index is 861. The van der Waals surface area contributed by atoms with E-state index in [1.54, 1.807) is 4.90 Å². The number of hydrogen-bond acceptors (Lipinski definition) is 5. The number of nitrogens with zero attached hydrogens (tertiary/aromatic N) is 1. The number of benzene rings is 1. The van der Waals surface area contributed by atoms with Crippen molar-refractivity contribution < 1.29 is 22.7 Å². The molecule has 0 unspecified atom stereocenters. The number of ether oxygens (including phenoxy) is 1. The van der Waals surface area contributed by atoms with E-state index in [4.69, 9.17) is 16.3 Å². The van der Waals surface area contributed by atoms with Gasteiger partial charge in [0.15, 0.2) is 16.4 Å². The second-order valence-corrected chi connectivity index (χ2v) is 9.91. The van der Waals surface area contributed by atoms with Gasteiger partial charge in [-0.3, -0.25) is 9.59 Å². The van der Waals surface area contributed by atoms with Crippen molar-refractivity contribution in [2.45, 2.75) is 31.6 Å². The van der Waals surface area contributed by atoms with Crippen molar-refractivity contribution in [2.24, 2.45) is 11.8 Å². The van der Waals surface area contributed by atoms with Gasteiger partial charge in [-0.05, 0) is 24.3 Å². The number of carbonyl (C=O) groups excluding carboxylic acids is 2. The number of amides is 2. The normalized spacial score (nSPS) is 22.6. The first-order valence-electron chi connectivity index (χ1n) is 8.92. The lowest BCUT2D eigenvalue weighted by molar-refractivity contribution is -0.133. The molecule has 1 aromatic rings. The van der Waals surface area contributed by atoms with E-state index in [1.165, 1.54) is 12.1 Å². The molecule has 2 aliphatic heterocycles. The number of rotatable bonds is 4. The molecule has 2 atom stereocenters. The molecule has 0 bridgehead atoms. The van der Waals surface area contributed by atoms with Crippen LogP contribution in [0.25, 0.3) is 0 Å². The Kier molecular flexibility index (Phi) is 5.67. The lowest BCUT2D eigenvalue weighted by Crippen LogP contribution is -2.43. The SMILES string of the molecule is C[C@@H]1C[C@H](C)CN(C(=O)CCS(=O)(=O)c2cc3c(cc2Cl)NC(=O)CO3)C1. The third-order valence-corrected chi connectivity index (χ3v) is 6.98. The van der Waals surface area contributed by atoms with Crippen LogP contribution in [-0.2, 0) is 19.4 Å². The predicted molar refractivity (Wildman–Crippen MR) is 102 cm³/mol. The van der Waals surface area contributed by atoms with Crippen molar-refractivity contribution in [3.8, 4) is 5.75 Å². The van der Waals surface area contributed by atoms with E-state index in [0.29, 0.717) is 30.6 Å². The lowest BCUT2D eigenvalue weighted by Gasteiger charge is -2.35. The number of piperidine rings is 1. The van der Waals surface area contributed by atoms with Crippen LogP contribution in [0, 0.1) is 11.8 Å². The molecule has 0 saturated carbocycles. The Morgan fingerprint density at radius 2 is 1.96 bits per heavy atom. The molecule has 2 amide bonds. The van der Waals surface area contributed by atoms with Gasteiger partial charge in [-0.2, -0.15) is 0 Å². The second-order valence-electron chi connectivity index (χ2n) is 7.43. The van der Waals surface area contributed by atoms with Crippen LogP contribution in [0.2, 0.25) is 5.02 Å². The zero-order valence-corrected chi connectivity index (χ0v) is 16.9. The van der Waals surface area contributed by atoms with E-state index < -0.39 is 9.84 Å². The summed E-state index contributed by atoms with van der Waals surface area (Å²) in [5, 5.41) is 2.57. The molecule has 1 aromatic carbocycles. The van der Waals surface area contributed by atoms with Gasteiger partial charge in [0.05, 0.1) is 21.4 Å². The minimum absolute atomic E-state index is 0.00721. The van der Waals surface area contributed by atoms with Gasteiger partial charge in [-0.1, -0.05) is 25.4 Å². The van der Waals surface area contributed by atoms with E-state index in [1.807, 2.05) is 0 Å².